The van der Waals surface area contributed by atoms with Crippen molar-refractivity contribution in [3.63, 3.8) is 0 Å². The van der Waals surface area contributed by atoms with Crippen LogP contribution in [-0.4, -0.2) is 16.3 Å². The number of hydrogen-bond donors (Lipinski definition) is 0. The summed E-state index contributed by atoms with van der Waals surface area (Å²) in [5.41, 5.74) is -0.940. The molecule has 16 heavy (non-hydrogen) atoms. The molecule has 88 valence electrons. The highest BCUT2D eigenvalue weighted by Gasteiger charge is 2.36. The average molecular weight is 348 g/mol. The predicted octanol–water partition coefficient (Wildman–Crippen LogP) is 2.80. The zero-order chi connectivity index (χ0) is 12.5. The first-order valence-electron chi connectivity index (χ1n) is 3.78. The molecule has 0 aliphatic carbocycles. The number of hydrogen-bond acceptors (Lipinski definition) is 4. The third-order valence-electron chi connectivity index (χ3n) is 1.51. The summed E-state index contributed by atoms with van der Waals surface area (Å²) < 4.78 is 39.8. The summed E-state index contributed by atoms with van der Waals surface area (Å²) in [6, 6.07) is 0.911. The fourth-order valence-electron chi connectivity index (χ4n) is 0.984. The number of aryl methyl sites for hydroxylation is 1. The Bertz CT molecular complexity index is 436. The van der Waals surface area contributed by atoms with Crippen molar-refractivity contribution in [2.45, 2.75) is 13.3 Å². The Kier molecular flexibility index (Phi) is 3.55. The molecule has 0 unspecified atom stereocenters. The van der Waals surface area contributed by atoms with Crippen LogP contribution >= 0.6 is 22.6 Å². The van der Waals surface area contributed by atoms with Gasteiger partial charge in [-0.15, -0.1) is 13.2 Å². The van der Waals surface area contributed by atoms with Crippen molar-refractivity contribution < 1.29 is 22.8 Å². The fraction of sp³-hybridized carbons (Fsp3) is 0.286. The van der Waals surface area contributed by atoms with Gasteiger partial charge < -0.3 is 4.74 Å². The van der Waals surface area contributed by atoms with Gasteiger partial charge in [0.2, 0.25) is 5.75 Å². The van der Waals surface area contributed by atoms with Crippen molar-refractivity contribution in [3.8, 4) is 5.75 Å². The van der Waals surface area contributed by atoms with Crippen LogP contribution < -0.4 is 4.74 Å². The second-order valence-electron chi connectivity index (χ2n) is 2.68. The lowest BCUT2D eigenvalue weighted by Gasteiger charge is -2.10. The third-order valence-corrected chi connectivity index (χ3v) is 2.06. The van der Waals surface area contributed by atoms with Crippen LogP contribution in [0.1, 0.15) is 5.69 Å². The molecule has 1 heterocycles. The van der Waals surface area contributed by atoms with Crippen LogP contribution in [0.15, 0.2) is 6.07 Å². The Hall–Kier alpha value is -1.13. The summed E-state index contributed by atoms with van der Waals surface area (Å²) in [7, 11) is 0. The number of halogens is 4. The molecule has 0 fully saturated rings. The second-order valence-corrected chi connectivity index (χ2v) is 3.79. The molecule has 1 aromatic heterocycles. The smallest absolute Gasteiger partial charge is 0.396 e. The molecule has 0 atom stereocenters. The van der Waals surface area contributed by atoms with Crippen molar-refractivity contribution in [1.29, 1.82) is 0 Å². The van der Waals surface area contributed by atoms with E-state index in [-0.39, 0.29) is 9.39 Å². The average Bonchev–Trinajstić information content (AvgIpc) is 2.07. The van der Waals surface area contributed by atoms with Crippen molar-refractivity contribution in [3.05, 3.63) is 25.6 Å². The highest BCUT2D eigenvalue weighted by Crippen LogP contribution is 2.34. The maximum absolute atomic E-state index is 12.0. The zero-order valence-electron chi connectivity index (χ0n) is 7.71. The monoisotopic (exact) mass is 348 g/mol. The molecule has 0 bridgehead atoms. The van der Waals surface area contributed by atoms with E-state index in [1.165, 1.54) is 6.92 Å². The fourth-order valence-corrected chi connectivity index (χ4v) is 1.64. The van der Waals surface area contributed by atoms with Crippen molar-refractivity contribution in [2.24, 2.45) is 0 Å². The molecule has 9 heteroatoms. The third kappa shape index (κ3) is 3.18. The Labute approximate surface area is 101 Å². The molecule has 1 rings (SSSR count). The van der Waals surface area contributed by atoms with Crippen molar-refractivity contribution in [1.82, 2.24) is 4.98 Å². The molecule has 1 aromatic rings. The molecule has 0 saturated carbocycles. The van der Waals surface area contributed by atoms with Gasteiger partial charge in [-0.05, 0) is 29.5 Å². The van der Waals surface area contributed by atoms with Crippen LogP contribution in [0.4, 0.5) is 18.9 Å². The molecule has 0 aromatic carbocycles. The van der Waals surface area contributed by atoms with E-state index in [0.717, 1.165) is 6.07 Å². The van der Waals surface area contributed by atoms with E-state index in [0.29, 0.717) is 0 Å². The molecule has 5 nitrogen and oxygen atoms in total. The molecular weight excluding hydrogens is 344 g/mol. The van der Waals surface area contributed by atoms with Gasteiger partial charge in [0, 0.05) is 0 Å². The van der Waals surface area contributed by atoms with Crippen LogP contribution in [0.25, 0.3) is 0 Å². The largest absolute Gasteiger partial charge is 0.573 e. The lowest BCUT2D eigenvalue weighted by atomic mass is 10.3. The molecule has 0 amide bonds. The van der Waals surface area contributed by atoms with Gasteiger partial charge in [0.1, 0.15) is 3.70 Å². The molecule has 0 saturated heterocycles. The van der Waals surface area contributed by atoms with Crippen molar-refractivity contribution >= 4 is 28.3 Å². The number of rotatable bonds is 2. The van der Waals surface area contributed by atoms with Crippen LogP contribution in [0.2, 0.25) is 0 Å². The lowest BCUT2D eigenvalue weighted by Crippen LogP contribution is -2.19. The standard InChI is InChI=1S/C7H4F3IN2O3/c1-3-6(16-7(8,9)10)4(13(14)15)2-5(11)12-3/h2H,1H3. The number of nitrogens with zero attached hydrogens (tertiary/aromatic N) is 2. The number of aromatic nitrogens is 1. The summed E-state index contributed by atoms with van der Waals surface area (Å²) in [4.78, 5) is 13.3. The Morgan fingerprint density at radius 1 is 1.56 bits per heavy atom. The van der Waals surface area contributed by atoms with Crippen LogP contribution in [-0.2, 0) is 0 Å². The predicted molar refractivity (Wildman–Crippen MR) is 55.0 cm³/mol. The van der Waals surface area contributed by atoms with Gasteiger partial charge in [-0.2, -0.15) is 0 Å². The van der Waals surface area contributed by atoms with Gasteiger partial charge in [-0.1, -0.05) is 0 Å². The summed E-state index contributed by atoms with van der Waals surface area (Å²) in [6.45, 7) is 1.20. The van der Waals surface area contributed by atoms with Crippen LogP contribution in [0.3, 0.4) is 0 Å². The first-order valence-corrected chi connectivity index (χ1v) is 4.86. The second kappa shape index (κ2) is 4.39. The van der Waals surface area contributed by atoms with E-state index in [9.17, 15) is 23.3 Å². The normalized spacial score (nSPS) is 11.3. The van der Waals surface area contributed by atoms with Gasteiger partial charge in [0.05, 0.1) is 16.7 Å². The molecule has 0 aliphatic rings. The first-order chi connectivity index (χ1) is 7.20. The maximum atomic E-state index is 12.0. The van der Waals surface area contributed by atoms with Gasteiger partial charge in [-0.3, -0.25) is 10.1 Å². The van der Waals surface area contributed by atoms with Gasteiger partial charge in [-0.25, -0.2) is 4.98 Å². The van der Waals surface area contributed by atoms with E-state index < -0.39 is 22.7 Å². The van der Waals surface area contributed by atoms with Crippen molar-refractivity contribution in [2.75, 3.05) is 0 Å². The minimum atomic E-state index is -4.98. The highest BCUT2D eigenvalue weighted by atomic mass is 127. The Balaban J connectivity index is 3.30. The number of nitro groups is 1. The Morgan fingerprint density at radius 3 is 2.56 bits per heavy atom. The Morgan fingerprint density at radius 2 is 2.12 bits per heavy atom. The van der Waals surface area contributed by atoms with Crippen LogP contribution in [0.5, 0.6) is 5.75 Å². The summed E-state index contributed by atoms with van der Waals surface area (Å²) in [5, 5.41) is 10.5. The first kappa shape index (κ1) is 12.9. The summed E-state index contributed by atoms with van der Waals surface area (Å²) in [5.74, 6) is -0.877. The summed E-state index contributed by atoms with van der Waals surface area (Å²) >= 11 is 1.67. The van der Waals surface area contributed by atoms with E-state index in [1.807, 2.05) is 0 Å². The van der Waals surface area contributed by atoms with E-state index in [4.69, 9.17) is 0 Å². The molecule has 0 spiro atoms. The molecule has 0 aliphatic heterocycles. The molecule has 0 N–H and O–H groups in total. The maximum Gasteiger partial charge on any atom is 0.573 e. The zero-order valence-corrected chi connectivity index (χ0v) is 9.87. The van der Waals surface area contributed by atoms with Gasteiger partial charge in [0.15, 0.2) is 0 Å². The minimum Gasteiger partial charge on any atom is -0.396 e. The lowest BCUT2D eigenvalue weighted by molar-refractivity contribution is -0.388. The topological polar surface area (TPSA) is 65.3 Å². The minimum absolute atomic E-state index is 0.184. The molecule has 0 radical (unpaired) electrons. The van der Waals surface area contributed by atoms with Gasteiger partial charge >= 0.3 is 12.0 Å². The number of pyridine rings is 1. The SMILES string of the molecule is Cc1nc(I)cc([N+](=O)[O-])c1OC(F)(F)F. The highest BCUT2D eigenvalue weighted by molar-refractivity contribution is 14.1. The van der Waals surface area contributed by atoms with Crippen LogP contribution in [0, 0.1) is 20.7 Å². The number of ether oxygens (including phenoxy) is 1. The van der Waals surface area contributed by atoms with Gasteiger partial charge in [0.25, 0.3) is 0 Å². The number of alkyl halides is 3. The van der Waals surface area contributed by atoms with E-state index in [1.54, 1.807) is 22.6 Å². The molecular formula is C7H4F3IN2O3. The van der Waals surface area contributed by atoms with E-state index >= 15 is 0 Å². The quantitative estimate of drug-likeness (QED) is 0.357. The summed E-state index contributed by atoms with van der Waals surface area (Å²) in [6.07, 6.45) is -4.98. The van der Waals surface area contributed by atoms with E-state index in [2.05, 4.69) is 9.72 Å².